The van der Waals surface area contributed by atoms with Crippen molar-refractivity contribution >= 4 is 23.2 Å². The molecule has 0 N–H and O–H groups in total. The minimum atomic E-state index is -0.612. The lowest BCUT2D eigenvalue weighted by molar-refractivity contribution is -0.385. The number of nitro benzene ring substituents is 1. The van der Waals surface area contributed by atoms with Crippen molar-refractivity contribution in [1.82, 2.24) is 4.90 Å². The Hall–Kier alpha value is -1.62. The van der Waals surface area contributed by atoms with E-state index < -0.39 is 4.92 Å². The summed E-state index contributed by atoms with van der Waals surface area (Å²) in [6.45, 7) is 6.88. The number of benzene rings is 1. The average molecular weight is 285 g/mol. The van der Waals surface area contributed by atoms with E-state index in [2.05, 4.69) is 0 Å². The number of carbonyl (C=O) groups is 1. The number of hydrogen-bond acceptors (Lipinski definition) is 3. The lowest BCUT2D eigenvalue weighted by Crippen LogP contribution is -2.34. The van der Waals surface area contributed by atoms with Crippen molar-refractivity contribution in [2.45, 2.75) is 20.8 Å². The van der Waals surface area contributed by atoms with Gasteiger partial charge in [0.25, 0.3) is 5.91 Å². The lowest BCUT2D eigenvalue weighted by Gasteiger charge is -2.22. The van der Waals surface area contributed by atoms with Crippen molar-refractivity contribution in [3.05, 3.63) is 38.9 Å². The Kier molecular flexibility index (Phi) is 5.30. The third kappa shape index (κ3) is 3.67. The second-order valence-electron chi connectivity index (χ2n) is 4.63. The van der Waals surface area contributed by atoms with Gasteiger partial charge in [-0.3, -0.25) is 14.9 Å². The van der Waals surface area contributed by atoms with Gasteiger partial charge in [-0.2, -0.15) is 0 Å². The second kappa shape index (κ2) is 6.52. The molecule has 1 amide bonds. The van der Waals surface area contributed by atoms with Crippen LogP contribution in [0.1, 0.15) is 31.1 Å². The summed E-state index contributed by atoms with van der Waals surface area (Å²) in [5.41, 5.74) is -0.281. The van der Waals surface area contributed by atoms with E-state index in [0.717, 1.165) is 0 Å². The lowest BCUT2D eigenvalue weighted by atomic mass is 10.1. The highest BCUT2D eigenvalue weighted by Crippen LogP contribution is 2.29. The van der Waals surface area contributed by atoms with Crippen LogP contribution in [0.15, 0.2) is 18.2 Å². The first kappa shape index (κ1) is 15.4. The molecule has 6 heteroatoms. The molecular weight excluding hydrogens is 268 g/mol. The standard InChI is InChI=1S/C13H17ClN2O3/c1-4-15(8-9(2)3)13(17)10-6-5-7-11(14)12(10)16(18)19/h5-7,9H,4,8H2,1-3H3. The Labute approximate surface area is 117 Å². The van der Waals surface area contributed by atoms with E-state index in [4.69, 9.17) is 11.6 Å². The number of amides is 1. The van der Waals surface area contributed by atoms with Gasteiger partial charge in [0.2, 0.25) is 0 Å². The smallest absolute Gasteiger partial charge is 0.300 e. The molecule has 1 aromatic carbocycles. The number of rotatable bonds is 5. The Balaban J connectivity index is 3.18. The number of nitrogens with zero attached hydrogens (tertiary/aromatic N) is 2. The summed E-state index contributed by atoms with van der Waals surface area (Å²) >= 11 is 5.81. The normalized spacial score (nSPS) is 10.6. The van der Waals surface area contributed by atoms with Gasteiger partial charge in [-0.25, -0.2) is 0 Å². The zero-order valence-corrected chi connectivity index (χ0v) is 12.0. The first-order valence-electron chi connectivity index (χ1n) is 6.10. The van der Waals surface area contributed by atoms with E-state index in [1.54, 1.807) is 11.0 Å². The highest BCUT2D eigenvalue weighted by Gasteiger charge is 2.26. The van der Waals surface area contributed by atoms with E-state index in [-0.39, 0.29) is 22.2 Å². The summed E-state index contributed by atoms with van der Waals surface area (Å²) in [5, 5.41) is 11.0. The molecule has 0 aliphatic rings. The van der Waals surface area contributed by atoms with Gasteiger partial charge < -0.3 is 4.90 Å². The van der Waals surface area contributed by atoms with Crippen LogP contribution in [0.3, 0.4) is 0 Å². The molecule has 1 rings (SSSR count). The van der Waals surface area contributed by atoms with Gasteiger partial charge >= 0.3 is 5.69 Å². The van der Waals surface area contributed by atoms with Crippen LogP contribution in [-0.4, -0.2) is 28.8 Å². The van der Waals surface area contributed by atoms with Gasteiger partial charge in [-0.05, 0) is 25.0 Å². The molecule has 0 heterocycles. The molecule has 0 spiro atoms. The summed E-state index contributed by atoms with van der Waals surface area (Å²) < 4.78 is 0. The maximum absolute atomic E-state index is 12.4. The number of nitro groups is 1. The molecule has 0 atom stereocenters. The predicted octanol–water partition coefficient (Wildman–Crippen LogP) is 3.37. The fourth-order valence-corrected chi connectivity index (χ4v) is 2.08. The van der Waals surface area contributed by atoms with Crippen LogP contribution < -0.4 is 0 Å². The van der Waals surface area contributed by atoms with Gasteiger partial charge in [-0.1, -0.05) is 31.5 Å². The largest absolute Gasteiger partial charge is 0.338 e. The van der Waals surface area contributed by atoms with Crippen molar-refractivity contribution in [3.8, 4) is 0 Å². The topological polar surface area (TPSA) is 63.5 Å². The van der Waals surface area contributed by atoms with Crippen LogP contribution in [0.25, 0.3) is 0 Å². The van der Waals surface area contributed by atoms with E-state index in [1.165, 1.54) is 12.1 Å². The van der Waals surface area contributed by atoms with Crippen LogP contribution in [0, 0.1) is 16.0 Å². The number of hydrogen-bond donors (Lipinski definition) is 0. The van der Waals surface area contributed by atoms with Crippen LogP contribution >= 0.6 is 11.6 Å². The molecule has 0 radical (unpaired) electrons. The Bertz CT molecular complexity index is 489. The Morgan fingerprint density at radius 2 is 2.11 bits per heavy atom. The van der Waals surface area contributed by atoms with Crippen molar-refractivity contribution in [1.29, 1.82) is 0 Å². The first-order valence-corrected chi connectivity index (χ1v) is 6.48. The minimum Gasteiger partial charge on any atom is -0.338 e. The molecule has 19 heavy (non-hydrogen) atoms. The zero-order chi connectivity index (χ0) is 14.6. The third-order valence-corrected chi connectivity index (χ3v) is 2.96. The molecule has 1 aromatic rings. The molecule has 0 saturated heterocycles. The van der Waals surface area contributed by atoms with Crippen LogP contribution in [0.4, 0.5) is 5.69 Å². The highest BCUT2D eigenvalue weighted by molar-refractivity contribution is 6.33. The summed E-state index contributed by atoms with van der Waals surface area (Å²) in [5.74, 6) is -0.0625. The highest BCUT2D eigenvalue weighted by atomic mass is 35.5. The molecule has 0 fully saturated rings. The molecule has 0 unspecified atom stereocenters. The molecule has 5 nitrogen and oxygen atoms in total. The number of para-hydroxylation sites is 1. The maximum atomic E-state index is 12.4. The fraction of sp³-hybridized carbons (Fsp3) is 0.462. The molecule has 0 bridgehead atoms. The number of carbonyl (C=O) groups excluding carboxylic acids is 1. The molecule has 104 valence electrons. The van der Waals surface area contributed by atoms with Gasteiger partial charge in [0.1, 0.15) is 10.6 Å². The summed E-state index contributed by atoms with van der Waals surface area (Å²) in [6.07, 6.45) is 0. The van der Waals surface area contributed by atoms with Gasteiger partial charge in [-0.15, -0.1) is 0 Å². The summed E-state index contributed by atoms with van der Waals surface area (Å²) in [4.78, 5) is 24.4. The van der Waals surface area contributed by atoms with E-state index in [1.807, 2.05) is 20.8 Å². The van der Waals surface area contributed by atoms with Crippen LogP contribution in [0.5, 0.6) is 0 Å². The quantitative estimate of drug-likeness (QED) is 0.615. The van der Waals surface area contributed by atoms with Crippen molar-refractivity contribution in [2.75, 3.05) is 13.1 Å². The Morgan fingerprint density at radius 3 is 2.58 bits per heavy atom. The molecular formula is C13H17ClN2O3. The fourth-order valence-electron chi connectivity index (χ4n) is 1.84. The van der Waals surface area contributed by atoms with Gasteiger partial charge in [0.15, 0.2) is 0 Å². The third-order valence-electron chi connectivity index (χ3n) is 2.65. The molecule has 0 aromatic heterocycles. The van der Waals surface area contributed by atoms with E-state index in [9.17, 15) is 14.9 Å². The SMILES string of the molecule is CCN(CC(C)C)C(=O)c1cccc(Cl)c1[N+](=O)[O-]. The predicted molar refractivity (Wildman–Crippen MR) is 74.5 cm³/mol. The van der Waals surface area contributed by atoms with Crippen LogP contribution in [-0.2, 0) is 0 Å². The maximum Gasteiger partial charge on any atom is 0.300 e. The van der Waals surface area contributed by atoms with Crippen molar-refractivity contribution in [3.63, 3.8) is 0 Å². The monoisotopic (exact) mass is 284 g/mol. The number of halogens is 1. The first-order chi connectivity index (χ1) is 8.88. The second-order valence-corrected chi connectivity index (χ2v) is 5.04. The zero-order valence-electron chi connectivity index (χ0n) is 11.2. The van der Waals surface area contributed by atoms with Gasteiger partial charge in [0.05, 0.1) is 4.92 Å². The Morgan fingerprint density at radius 1 is 1.47 bits per heavy atom. The molecule has 0 aliphatic carbocycles. The van der Waals surface area contributed by atoms with Crippen molar-refractivity contribution in [2.24, 2.45) is 5.92 Å². The average Bonchev–Trinajstić information content (AvgIpc) is 2.34. The summed E-state index contributed by atoms with van der Waals surface area (Å²) in [6, 6.07) is 4.40. The van der Waals surface area contributed by atoms with E-state index in [0.29, 0.717) is 19.0 Å². The van der Waals surface area contributed by atoms with Gasteiger partial charge in [0, 0.05) is 13.1 Å². The van der Waals surface area contributed by atoms with E-state index >= 15 is 0 Å². The summed E-state index contributed by atoms with van der Waals surface area (Å²) in [7, 11) is 0. The van der Waals surface area contributed by atoms with Crippen LogP contribution in [0.2, 0.25) is 5.02 Å². The molecule has 0 aliphatic heterocycles. The minimum absolute atomic E-state index is 0.0172. The molecule has 0 saturated carbocycles. The van der Waals surface area contributed by atoms with Crippen molar-refractivity contribution < 1.29 is 9.72 Å².